The summed E-state index contributed by atoms with van der Waals surface area (Å²) in [7, 11) is 0. The van der Waals surface area contributed by atoms with E-state index in [1.54, 1.807) is 0 Å². The van der Waals surface area contributed by atoms with Crippen molar-refractivity contribution < 1.29 is 18.9 Å². The number of fused-ring (bicyclic) bond motifs is 1. The Morgan fingerprint density at radius 2 is 1.80 bits per heavy atom. The molecule has 1 aliphatic carbocycles. The summed E-state index contributed by atoms with van der Waals surface area (Å²) in [5.41, 5.74) is 2.80. The van der Waals surface area contributed by atoms with Crippen LogP contribution in [0.25, 0.3) is 0 Å². The first-order valence-electron chi connectivity index (χ1n) is 14.7. The number of hydrogen-bond acceptors (Lipinski definition) is 8. The Bertz CT molecular complexity index is 1200. The van der Waals surface area contributed by atoms with E-state index in [0.717, 1.165) is 94.6 Å². The van der Waals surface area contributed by atoms with E-state index in [9.17, 15) is 14.1 Å². The van der Waals surface area contributed by atoms with Gasteiger partial charge in [-0.1, -0.05) is 0 Å². The lowest BCUT2D eigenvalue weighted by molar-refractivity contribution is -0.110. The van der Waals surface area contributed by atoms with Crippen LogP contribution in [-0.4, -0.2) is 89.7 Å². The number of aromatic nitrogens is 1. The maximum Gasteiger partial charge on any atom is 0.348 e. The van der Waals surface area contributed by atoms with E-state index in [-0.39, 0.29) is 23.6 Å². The number of hydrogen-bond donors (Lipinski definition) is 1. The summed E-state index contributed by atoms with van der Waals surface area (Å²) >= 11 is -1.36. The summed E-state index contributed by atoms with van der Waals surface area (Å²) in [5.74, 6) is 3.17. The number of piperazine rings is 1. The molecule has 1 unspecified atom stereocenters. The number of nitrogens with zero attached hydrogens (tertiary/aromatic N) is 4. The molecule has 3 fully saturated rings. The topological polar surface area (TPSA) is 101 Å². The van der Waals surface area contributed by atoms with E-state index in [0.29, 0.717) is 17.9 Å². The van der Waals surface area contributed by atoms with Crippen molar-refractivity contribution in [2.45, 2.75) is 44.6 Å². The molecule has 1 atom stereocenters. The van der Waals surface area contributed by atoms with Gasteiger partial charge < -0.3 is 24.4 Å². The Kier molecular flexibility index (Phi) is 8.46. The molecule has 0 spiro atoms. The lowest BCUT2D eigenvalue weighted by Gasteiger charge is -2.37. The molecule has 9 nitrogen and oxygen atoms in total. The van der Waals surface area contributed by atoms with Crippen molar-refractivity contribution in [2.75, 3.05) is 68.0 Å². The predicted octanol–water partition coefficient (Wildman–Crippen LogP) is 2.61. The third-order valence-corrected chi connectivity index (χ3v) is 10.1. The van der Waals surface area contributed by atoms with E-state index < -0.39 is 11.2 Å². The average molecular weight is 566 g/mol. The smallest absolute Gasteiger partial charge is 0.348 e. The standard InChI is InChI=1S/C30H39N5O4S/c36-28-21-35(18-20-40(28)38)25-7-3-23(4-8-25)30(37)32-24-5-1-22(2-6-24)10-13-33-14-16-34(17-15-33)29-26-11-19-39-27(26)9-12-31-29/h3-4,7-9,12,22,24H,1-2,5-6,10-11,13-21H2,(H,32,37)/t22-,24-,40?. The number of carbonyl (C=O) groups is 2. The van der Waals surface area contributed by atoms with Crippen LogP contribution in [0.2, 0.25) is 0 Å². The van der Waals surface area contributed by atoms with E-state index in [4.69, 9.17) is 4.74 Å². The van der Waals surface area contributed by atoms with Crippen LogP contribution in [0.5, 0.6) is 5.75 Å². The second kappa shape index (κ2) is 12.4. The fourth-order valence-corrected chi connectivity index (χ4v) is 7.35. The fourth-order valence-electron chi connectivity index (χ4n) is 6.44. The highest BCUT2D eigenvalue weighted by atomic mass is 32.2. The minimum absolute atomic E-state index is 0.0335. The van der Waals surface area contributed by atoms with Crippen LogP contribution < -0.4 is 19.9 Å². The second-order valence-electron chi connectivity index (χ2n) is 11.4. The number of anilines is 2. The van der Waals surface area contributed by atoms with Gasteiger partial charge >= 0.3 is 5.12 Å². The van der Waals surface area contributed by atoms with E-state index in [1.807, 2.05) is 41.4 Å². The summed E-state index contributed by atoms with van der Waals surface area (Å²) in [5, 5.41) is 3.00. The van der Waals surface area contributed by atoms with Crippen LogP contribution >= 0.6 is 0 Å². The van der Waals surface area contributed by atoms with Gasteiger partial charge in [-0.2, -0.15) is 0 Å². The van der Waals surface area contributed by atoms with Gasteiger partial charge in [-0.15, -0.1) is 0 Å². The average Bonchev–Trinajstić information content (AvgIpc) is 3.48. The molecule has 2 saturated heterocycles. The van der Waals surface area contributed by atoms with Crippen LogP contribution in [0.4, 0.5) is 11.5 Å². The molecular weight excluding hydrogens is 526 g/mol. The van der Waals surface area contributed by atoms with Crippen molar-refractivity contribution in [3.63, 3.8) is 0 Å². The van der Waals surface area contributed by atoms with E-state index in [1.165, 1.54) is 12.0 Å². The van der Waals surface area contributed by atoms with Gasteiger partial charge in [0.2, 0.25) is 0 Å². The zero-order valence-corrected chi connectivity index (χ0v) is 23.9. The van der Waals surface area contributed by atoms with Crippen LogP contribution in [0, 0.1) is 5.92 Å². The number of pyridine rings is 1. The number of amides is 1. The molecule has 214 valence electrons. The number of ether oxygens (including phenoxy) is 1. The van der Waals surface area contributed by atoms with Crippen molar-refractivity contribution in [1.29, 1.82) is 0 Å². The molecule has 6 rings (SSSR count). The van der Waals surface area contributed by atoms with Gasteiger partial charge in [0.25, 0.3) is 5.91 Å². The van der Waals surface area contributed by atoms with Crippen molar-refractivity contribution in [2.24, 2.45) is 5.92 Å². The zero-order chi connectivity index (χ0) is 27.5. The predicted molar refractivity (Wildman–Crippen MR) is 157 cm³/mol. The van der Waals surface area contributed by atoms with Crippen molar-refractivity contribution in [3.05, 3.63) is 47.7 Å². The number of benzene rings is 1. The Morgan fingerprint density at radius 1 is 1.02 bits per heavy atom. The zero-order valence-electron chi connectivity index (χ0n) is 23.1. The highest BCUT2D eigenvalue weighted by molar-refractivity contribution is 8.06. The molecule has 1 N–H and O–H groups in total. The van der Waals surface area contributed by atoms with Crippen LogP contribution in [0.15, 0.2) is 36.5 Å². The van der Waals surface area contributed by atoms with Gasteiger partial charge in [0, 0.05) is 72.8 Å². The van der Waals surface area contributed by atoms with Gasteiger partial charge in [-0.05, 0) is 74.9 Å². The molecule has 0 radical (unpaired) electrons. The summed E-state index contributed by atoms with van der Waals surface area (Å²) in [6.45, 7) is 6.84. The largest absolute Gasteiger partial charge is 0.609 e. The first-order chi connectivity index (χ1) is 19.5. The molecule has 10 heteroatoms. The van der Waals surface area contributed by atoms with Crippen molar-refractivity contribution in [1.82, 2.24) is 15.2 Å². The van der Waals surface area contributed by atoms with Crippen LogP contribution in [0.3, 0.4) is 0 Å². The monoisotopic (exact) mass is 565 g/mol. The molecule has 1 aromatic carbocycles. The van der Waals surface area contributed by atoms with Gasteiger partial charge in [-0.3, -0.25) is 9.69 Å². The van der Waals surface area contributed by atoms with E-state index in [2.05, 4.69) is 20.1 Å². The number of rotatable bonds is 7. The summed E-state index contributed by atoms with van der Waals surface area (Å²) < 4.78 is 17.3. The minimum atomic E-state index is -1.36. The van der Waals surface area contributed by atoms with Crippen LogP contribution in [0.1, 0.15) is 48.0 Å². The first kappa shape index (κ1) is 27.4. The Balaban J connectivity index is 0.899. The Hall–Kier alpha value is -2.82. The minimum Gasteiger partial charge on any atom is -0.609 e. The third kappa shape index (κ3) is 6.24. The van der Waals surface area contributed by atoms with Gasteiger partial charge in [-0.25, -0.2) is 9.78 Å². The first-order valence-corrected chi connectivity index (χ1v) is 16.0. The molecule has 1 saturated carbocycles. The van der Waals surface area contributed by atoms with Crippen molar-refractivity contribution >= 4 is 33.7 Å². The highest BCUT2D eigenvalue weighted by Crippen LogP contribution is 2.33. The van der Waals surface area contributed by atoms with Gasteiger partial charge in [0.05, 0.1) is 13.2 Å². The number of nitrogens with one attached hydrogen (secondary N) is 1. The second-order valence-corrected chi connectivity index (χ2v) is 13.0. The molecule has 1 amide bonds. The normalized spacial score (nSPS) is 25.4. The van der Waals surface area contributed by atoms with Gasteiger partial charge in [0.15, 0.2) is 0 Å². The molecule has 2 aromatic rings. The summed E-state index contributed by atoms with van der Waals surface area (Å²) in [6.07, 6.45) is 8.43. The van der Waals surface area contributed by atoms with Crippen LogP contribution in [-0.2, 0) is 22.4 Å². The lowest BCUT2D eigenvalue weighted by Crippen LogP contribution is -2.47. The molecule has 4 aliphatic rings. The highest BCUT2D eigenvalue weighted by Gasteiger charge is 2.30. The van der Waals surface area contributed by atoms with Crippen molar-refractivity contribution in [3.8, 4) is 5.75 Å². The molecule has 3 aliphatic heterocycles. The molecule has 0 bridgehead atoms. The maximum atomic E-state index is 12.9. The molecule has 40 heavy (non-hydrogen) atoms. The molecule has 4 heterocycles. The van der Waals surface area contributed by atoms with Gasteiger partial charge in [0.1, 0.15) is 23.9 Å². The molecule has 1 aromatic heterocycles. The Labute approximate surface area is 239 Å². The number of carbonyl (C=O) groups excluding carboxylic acids is 2. The maximum absolute atomic E-state index is 12.9. The lowest BCUT2D eigenvalue weighted by atomic mass is 9.84. The fraction of sp³-hybridized carbons (Fsp3) is 0.567. The summed E-state index contributed by atoms with van der Waals surface area (Å²) in [4.78, 5) is 36.3. The van der Waals surface area contributed by atoms with E-state index >= 15 is 0 Å². The Morgan fingerprint density at radius 3 is 2.55 bits per heavy atom. The third-order valence-electron chi connectivity index (χ3n) is 8.92. The summed E-state index contributed by atoms with van der Waals surface area (Å²) in [6, 6.07) is 9.61. The SMILES string of the molecule is O=C(N[C@H]1CC[C@H](CCN2CCN(c3nccc4c3CCO4)CC2)CC1)c1ccc(N2CC[S+]([O-])C(=O)C2)cc1. The quantitative estimate of drug-likeness (QED) is 0.512. The molecular formula is C30H39N5O4S.